The van der Waals surface area contributed by atoms with Gasteiger partial charge < -0.3 is 29.4 Å². The van der Waals surface area contributed by atoms with Crippen LogP contribution >= 0.6 is 0 Å². The van der Waals surface area contributed by atoms with Crippen LogP contribution in [0.25, 0.3) is 0 Å². The van der Waals surface area contributed by atoms with Gasteiger partial charge in [-0.15, -0.1) is 0 Å². The maximum absolute atomic E-state index is 12.7. The standard InChI is InChI=1S/C29H30N4O5/c1-19-5-11-25(36-2)23(13-19)32-29(35)24-17-33(18-30-24)16-20-6-9-22(10-7-20)31-28(34)15-21-8-12-26(37-3)27(14-21)38-4/h5-14,17-18H,15-16H2,1-4H3,(H,31,34)(H,32,35). The second-order valence-corrected chi connectivity index (χ2v) is 8.70. The molecule has 4 rings (SSSR count). The molecule has 4 aromatic rings. The van der Waals surface area contributed by atoms with Crippen LogP contribution in [0.2, 0.25) is 0 Å². The number of carbonyl (C=O) groups excluding carboxylic acids is 2. The summed E-state index contributed by atoms with van der Waals surface area (Å²) in [4.78, 5) is 29.5. The predicted octanol–water partition coefficient (Wildman–Crippen LogP) is 4.70. The maximum Gasteiger partial charge on any atom is 0.275 e. The number of hydrogen-bond donors (Lipinski definition) is 2. The van der Waals surface area contributed by atoms with Crippen LogP contribution < -0.4 is 24.8 Å². The van der Waals surface area contributed by atoms with Gasteiger partial charge in [-0.05, 0) is 60.0 Å². The SMILES string of the molecule is COc1ccc(C)cc1NC(=O)c1cn(Cc2ccc(NC(=O)Cc3ccc(OC)c(OC)c3)cc2)cn1. The summed E-state index contributed by atoms with van der Waals surface area (Å²) in [7, 11) is 4.69. The summed E-state index contributed by atoms with van der Waals surface area (Å²) < 4.78 is 17.7. The minimum absolute atomic E-state index is 0.138. The Morgan fingerprint density at radius 1 is 0.816 bits per heavy atom. The van der Waals surface area contributed by atoms with E-state index in [1.165, 1.54) is 0 Å². The van der Waals surface area contributed by atoms with Crippen molar-refractivity contribution in [1.29, 1.82) is 0 Å². The third kappa shape index (κ3) is 6.50. The molecule has 9 heteroatoms. The average molecular weight is 515 g/mol. The number of methoxy groups -OCH3 is 3. The first-order chi connectivity index (χ1) is 18.4. The highest BCUT2D eigenvalue weighted by atomic mass is 16.5. The fraction of sp³-hybridized carbons (Fsp3) is 0.207. The lowest BCUT2D eigenvalue weighted by Crippen LogP contribution is -2.14. The van der Waals surface area contributed by atoms with E-state index in [9.17, 15) is 9.59 Å². The highest BCUT2D eigenvalue weighted by Crippen LogP contribution is 2.28. The Bertz CT molecular complexity index is 1430. The van der Waals surface area contributed by atoms with Gasteiger partial charge in [-0.2, -0.15) is 0 Å². The minimum Gasteiger partial charge on any atom is -0.495 e. The van der Waals surface area contributed by atoms with Crippen molar-refractivity contribution in [2.45, 2.75) is 19.9 Å². The van der Waals surface area contributed by atoms with E-state index in [2.05, 4.69) is 15.6 Å². The van der Waals surface area contributed by atoms with Crippen LogP contribution in [0.3, 0.4) is 0 Å². The second kappa shape index (κ2) is 12.0. The Balaban J connectivity index is 1.33. The first-order valence-electron chi connectivity index (χ1n) is 12.0. The molecule has 0 spiro atoms. The Kier molecular flexibility index (Phi) is 8.27. The van der Waals surface area contributed by atoms with Crippen molar-refractivity contribution in [3.05, 3.63) is 95.6 Å². The van der Waals surface area contributed by atoms with Crippen LogP contribution in [0.5, 0.6) is 17.2 Å². The van der Waals surface area contributed by atoms with Crippen molar-refractivity contribution in [2.24, 2.45) is 0 Å². The molecule has 38 heavy (non-hydrogen) atoms. The number of benzene rings is 3. The lowest BCUT2D eigenvalue weighted by molar-refractivity contribution is -0.115. The van der Waals surface area contributed by atoms with E-state index in [1.54, 1.807) is 46.0 Å². The van der Waals surface area contributed by atoms with Crippen LogP contribution in [0.4, 0.5) is 11.4 Å². The molecule has 0 aliphatic rings. The smallest absolute Gasteiger partial charge is 0.275 e. The lowest BCUT2D eigenvalue weighted by atomic mass is 10.1. The Morgan fingerprint density at radius 3 is 2.21 bits per heavy atom. The molecular formula is C29H30N4O5. The van der Waals surface area contributed by atoms with Gasteiger partial charge >= 0.3 is 0 Å². The molecule has 0 saturated heterocycles. The molecule has 0 unspecified atom stereocenters. The molecule has 0 atom stereocenters. The number of aryl methyl sites for hydroxylation is 1. The molecule has 0 saturated carbocycles. The van der Waals surface area contributed by atoms with E-state index in [0.717, 1.165) is 16.7 Å². The van der Waals surface area contributed by atoms with E-state index in [0.29, 0.717) is 40.9 Å². The fourth-order valence-corrected chi connectivity index (χ4v) is 3.96. The highest BCUT2D eigenvalue weighted by molar-refractivity contribution is 6.03. The molecule has 2 N–H and O–H groups in total. The van der Waals surface area contributed by atoms with Gasteiger partial charge in [0.25, 0.3) is 5.91 Å². The molecule has 1 heterocycles. The molecule has 0 aliphatic carbocycles. The van der Waals surface area contributed by atoms with Gasteiger partial charge in [0.2, 0.25) is 5.91 Å². The molecule has 1 aromatic heterocycles. The average Bonchev–Trinajstić information content (AvgIpc) is 3.38. The molecule has 0 aliphatic heterocycles. The topological polar surface area (TPSA) is 104 Å². The van der Waals surface area contributed by atoms with Crippen molar-refractivity contribution in [3.8, 4) is 17.2 Å². The number of aromatic nitrogens is 2. The highest BCUT2D eigenvalue weighted by Gasteiger charge is 2.13. The summed E-state index contributed by atoms with van der Waals surface area (Å²) >= 11 is 0. The number of nitrogens with one attached hydrogen (secondary N) is 2. The van der Waals surface area contributed by atoms with Gasteiger partial charge in [0.1, 0.15) is 11.4 Å². The zero-order chi connectivity index (χ0) is 27.1. The van der Waals surface area contributed by atoms with Gasteiger partial charge in [0.15, 0.2) is 11.5 Å². The third-order valence-electron chi connectivity index (χ3n) is 5.88. The lowest BCUT2D eigenvalue weighted by Gasteiger charge is -2.10. The first-order valence-corrected chi connectivity index (χ1v) is 12.0. The van der Waals surface area contributed by atoms with Crippen molar-refractivity contribution in [3.63, 3.8) is 0 Å². The largest absolute Gasteiger partial charge is 0.495 e. The van der Waals surface area contributed by atoms with Gasteiger partial charge in [-0.25, -0.2) is 4.98 Å². The van der Waals surface area contributed by atoms with E-state index >= 15 is 0 Å². The second-order valence-electron chi connectivity index (χ2n) is 8.70. The Morgan fingerprint density at radius 2 is 1.50 bits per heavy atom. The number of amides is 2. The number of ether oxygens (including phenoxy) is 3. The van der Waals surface area contributed by atoms with Crippen molar-refractivity contribution in [1.82, 2.24) is 9.55 Å². The summed E-state index contributed by atoms with van der Waals surface area (Å²) in [6.07, 6.45) is 3.51. The summed E-state index contributed by atoms with van der Waals surface area (Å²) in [5, 5.41) is 5.77. The fourth-order valence-electron chi connectivity index (χ4n) is 3.96. The minimum atomic E-state index is -0.319. The van der Waals surface area contributed by atoms with E-state index in [-0.39, 0.29) is 18.2 Å². The molecule has 196 valence electrons. The quantitative estimate of drug-likeness (QED) is 0.318. The predicted molar refractivity (Wildman–Crippen MR) is 145 cm³/mol. The number of rotatable bonds is 10. The molecule has 9 nitrogen and oxygen atoms in total. The van der Waals surface area contributed by atoms with Crippen LogP contribution in [-0.4, -0.2) is 42.7 Å². The number of anilines is 2. The van der Waals surface area contributed by atoms with Crippen molar-refractivity contribution in [2.75, 3.05) is 32.0 Å². The number of hydrogen-bond acceptors (Lipinski definition) is 6. The van der Waals surface area contributed by atoms with Gasteiger partial charge in [0.05, 0.1) is 39.8 Å². The zero-order valence-corrected chi connectivity index (χ0v) is 21.8. The maximum atomic E-state index is 12.7. The Hall–Kier alpha value is -4.79. The van der Waals surface area contributed by atoms with Crippen molar-refractivity contribution < 1.29 is 23.8 Å². The third-order valence-corrected chi connectivity index (χ3v) is 5.88. The number of carbonyl (C=O) groups is 2. The van der Waals surface area contributed by atoms with Crippen LogP contribution in [0.15, 0.2) is 73.2 Å². The summed E-state index contributed by atoms with van der Waals surface area (Å²) in [5.74, 6) is 1.32. The monoisotopic (exact) mass is 514 g/mol. The molecule has 3 aromatic carbocycles. The molecule has 2 amide bonds. The van der Waals surface area contributed by atoms with Crippen LogP contribution in [-0.2, 0) is 17.8 Å². The van der Waals surface area contributed by atoms with E-state index in [4.69, 9.17) is 14.2 Å². The van der Waals surface area contributed by atoms with Crippen LogP contribution in [0.1, 0.15) is 27.2 Å². The van der Waals surface area contributed by atoms with Crippen LogP contribution in [0, 0.1) is 6.92 Å². The Labute approximate surface area is 221 Å². The van der Waals surface area contributed by atoms with Gasteiger partial charge in [-0.1, -0.05) is 24.3 Å². The van der Waals surface area contributed by atoms with E-state index < -0.39 is 0 Å². The summed E-state index contributed by atoms with van der Waals surface area (Å²) in [6, 6.07) is 18.5. The summed E-state index contributed by atoms with van der Waals surface area (Å²) in [6.45, 7) is 2.47. The van der Waals surface area contributed by atoms with Gasteiger partial charge in [0, 0.05) is 18.4 Å². The van der Waals surface area contributed by atoms with Crippen molar-refractivity contribution >= 4 is 23.2 Å². The molecule has 0 fully saturated rings. The normalized spacial score (nSPS) is 10.5. The van der Waals surface area contributed by atoms with Gasteiger partial charge in [-0.3, -0.25) is 9.59 Å². The molecule has 0 bridgehead atoms. The molecular weight excluding hydrogens is 484 g/mol. The summed E-state index contributed by atoms with van der Waals surface area (Å²) in [5.41, 5.74) is 4.40. The van der Waals surface area contributed by atoms with E-state index in [1.807, 2.05) is 60.0 Å². The zero-order valence-electron chi connectivity index (χ0n) is 21.8. The number of nitrogens with zero attached hydrogens (tertiary/aromatic N) is 2. The molecule has 0 radical (unpaired) electrons. The first kappa shape index (κ1) is 26.3. The number of imidazole rings is 1.